The lowest BCUT2D eigenvalue weighted by Crippen LogP contribution is -2.46. The molecule has 1 aromatic carbocycles. The first-order valence-electron chi connectivity index (χ1n) is 7.90. The molecule has 0 spiro atoms. The number of ether oxygens (including phenoxy) is 1. The lowest BCUT2D eigenvalue weighted by molar-refractivity contribution is -0.141. The van der Waals surface area contributed by atoms with Crippen LogP contribution in [0.5, 0.6) is 0 Å². The maximum Gasteiger partial charge on any atom is 0.244 e. The minimum Gasteiger partial charge on any atom is -0.370 e. The van der Waals surface area contributed by atoms with Crippen LogP contribution >= 0.6 is 0 Å². The number of aromatic nitrogens is 2. The molecule has 1 aliphatic rings. The van der Waals surface area contributed by atoms with E-state index in [0.29, 0.717) is 19.7 Å². The number of nitrogens with zero attached hydrogens (tertiary/aromatic N) is 3. The molecule has 1 amide bonds. The molecule has 1 aliphatic heterocycles. The Bertz CT molecular complexity index is 701. The van der Waals surface area contributed by atoms with Crippen molar-refractivity contribution in [2.75, 3.05) is 26.7 Å². The van der Waals surface area contributed by atoms with Gasteiger partial charge in [0.15, 0.2) is 0 Å². The second-order valence-electron chi connectivity index (χ2n) is 5.86. The van der Waals surface area contributed by atoms with E-state index in [2.05, 4.69) is 10.4 Å². The number of likely N-dealkylation sites (N-methyl/N-ethyl adjacent to an activating group) is 1. The second kappa shape index (κ2) is 7.11. The zero-order valence-corrected chi connectivity index (χ0v) is 13.8. The summed E-state index contributed by atoms with van der Waals surface area (Å²) in [7, 11) is 3.58. The molecule has 24 heavy (non-hydrogen) atoms. The number of benzene rings is 1. The summed E-state index contributed by atoms with van der Waals surface area (Å²) < 4.78 is 20.5. The van der Waals surface area contributed by atoms with Crippen molar-refractivity contribution in [3.05, 3.63) is 53.6 Å². The number of morpholine rings is 1. The van der Waals surface area contributed by atoms with E-state index in [9.17, 15) is 9.18 Å². The first-order valence-corrected chi connectivity index (χ1v) is 7.90. The van der Waals surface area contributed by atoms with E-state index in [-0.39, 0.29) is 17.8 Å². The maximum atomic E-state index is 13.1. The van der Waals surface area contributed by atoms with Gasteiger partial charge in [-0.3, -0.25) is 9.48 Å². The fourth-order valence-corrected chi connectivity index (χ4v) is 2.93. The average Bonchev–Trinajstić information content (AvgIpc) is 3.02. The van der Waals surface area contributed by atoms with E-state index in [1.54, 1.807) is 35.0 Å². The smallest absolute Gasteiger partial charge is 0.244 e. The Kier molecular flexibility index (Phi) is 4.92. The molecule has 7 heteroatoms. The Morgan fingerprint density at radius 3 is 2.79 bits per heavy atom. The molecule has 1 aromatic heterocycles. The molecule has 0 saturated carbocycles. The van der Waals surface area contributed by atoms with Gasteiger partial charge in [-0.05, 0) is 24.7 Å². The number of rotatable bonds is 4. The summed E-state index contributed by atoms with van der Waals surface area (Å²) in [5, 5.41) is 7.19. The molecule has 0 radical (unpaired) electrons. The van der Waals surface area contributed by atoms with E-state index in [1.807, 2.05) is 13.2 Å². The van der Waals surface area contributed by atoms with Gasteiger partial charge in [-0.2, -0.15) is 5.10 Å². The molecule has 2 heterocycles. The van der Waals surface area contributed by atoms with Gasteiger partial charge in [0, 0.05) is 25.4 Å². The van der Waals surface area contributed by atoms with Gasteiger partial charge in [0.1, 0.15) is 18.0 Å². The Morgan fingerprint density at radius 1 is 1.42 bits per heavy atom. The van der Waals surface area contributed by atoms with Crippen LogP contribution in [-0.4, -0.2) is 47.3 Å². The van der Waals surface area contributed by atoms with Crippen LogP contribution in [0.25, 0.3) is 0 Å². The highest BCUT2D eigenvalue weighted by atomic mass is 19.1. The number of amides is 1. The second-order valence-corrected chi connectivity index (χ2v) is 5.86. The van der Waals surface area contributed by atoms with Crippen LogP contribution in [-0.2, 0) is 16.6 Å². The molecule has 0 bridgehead atoms. The molecule has 2 unspecified atom stereocenters. The number of nitrogens with one attached hydrogen (secondary N) is 1. The minimum atomic E-state index is -0.439. The summed E-state index contributed by atoms with van der Waals surface area (Å²) in [5.74, 6) is -0.296. The van der Waals surface area contributed by atoms with E-state index in [0.717, 1.165) is 11.1 Å². The number of hydrogen-bond acceptors (Lipinski definition) is 4. The van der Waals surface area contributed by atoms with Gasteiger partial charge in [-0.15, -0.1) is 0 Å². The lowest BCUT2D eigenvalue weighted by atomic mass is 10.1. The first-order chi connectivity index (χ1) is 11.6. The Labute approximate surface area is 140 Å². The average molecular weight is 332 g/mol. The number of aryl methyl sites for hydroxylation is 1. The molecule has 2 atom stereocenters. The van der Waals surface area contributed by atoms with Crippen molar-refractivity contribution in [1.29, 1.82) is 0 Å². The predicted octanol–water partition coefficient (Wildman–Crippen LogP) is 1.42. The van der Waals surface area contributed by atoms with Crippen molar-refractivity contribution in [2.45, 2.75) is 12.1 Å². The van der Waals surface area contributed by atoms with Crippen molar-refractivity contribution < 1.29 is 13.9 Å². The third kappa shape index (κ3) is 3.47. The zero-order valence-electron chi connectivity index (χ0n) is 13.8. The van der Waals surface area contributed by atoms with Crippen LogP contribution in [0.4, 0.5) is 4.39 Å². The van der Waals surface area contributed by atoms with Crippen LogP contribution in [0.2, 0.25) is 0 Å². The third-order valence-electron chi connectivity index (χ3n) is 4.21. The summed E-state index contributed by atoms with van der Waals surface area (Å²) >= 11 is 0. The highest BCUT2D eigenvalue weighted by molar-refractivity contribution is 5.83. The van der Waals surface area contributed by atoms with Crippen LogP contribution in [0, 0.1) is 5.82 Å². The van der Waals surface area contributed by atoms with Gasteiger partial charge < -0.3 is 15.0 Å². The summed E-state index contributed by atoms with van der Waals surface area (Å²) in [6, 6.07) is 5.78. The van der Waals surface area contributed by atoms with Gasteiger partial charge >= 0.3 is 0 Å². The first kappa shape index (κ1) is 16.6. The molecule has 1 N–H and O–H groups in total. The standard InChI is InChI=1S/C17H21FN4O2/c1-19-16(13-9-20-21(2)10-13)17(23)22-7-8-24-15(11-22)12-3-5-14(18)6-4-12/h3-6,9-10,15-16,19H,7-8,11H2,1-2H3. The van der Waals surface area contributed by atoms with Gasteiger partial charge in [0.2, 0.25) is 5.91 Å². The number of halogens is 1. The topological polar surface area (TPSA) is 59.4 Å². The lowest BCUT2D eigenvalue weighted by Gasteiger charge is -2.35. The number of carbonyl (C=O) groups is 1. The van der Waals surface area contributed by atoms with E-state index in [1.165, 1.54) is 12.1 Å². The van der Waals surface area contributed by atoms with Gasteiger partial charge in [-0.25, -0.2) is 4.39 Å². The predicted molar refractivity (Wildman–Crippen MR) is 86.7 cm³/mol. The molecular formula is C17H21FN4O2. The van der Waals surface area contributed by atoms with Crippen LogP contribution < -0.4 is 5.32 Å². The van der Waals surface area contributed by atoms with E-state index < -0.39 is 6.04 Å². The highest BCUT2D eigenvalue weighted by Gasteiger charge is 2.30. The van der Waals surface area contributed by atoms with E-state index >= 15 is 0 Å². The van der Waals surface area contributed by atoms with Crippen molar-refractivity contribution in [2.24, 2.45) is 7.05 Å². The van der Waals surface area contributed by atoms with Gasteiger partial charge in [-0.1, -0.05) is 12.1 Å². The third-order valence-corrected chi connectivity index (χ3v) is 4.21. The van der Waals surface area contributed by atoms with Gasteiger partial charge in [0.25, 0.3) is 0 Å². The van der Waals surface area contributed by atoms with Crippen molar-refractivity contribution in [3.8, 4) is 0 Å². The van der Waals surface area contributed by atoms with E-state index in [4.69, 9.17) is 4.74 Å². The largest absolute Gasteiger partial charge is 0.370 e. The fraction of sp³-hybridized carbons (Fsp3) is 0.412. The Hall–Kier alpha value is -2.25. The molecule has 0 aliphatic carbocycles. The number of carbonyl (C=O) groups excluding carboxylic acids is 1. The fourth-order valence-electron chi connectivity index (χ4n) is 2.93. The van der Waals surface area contributed by atoms with Crippen LogP contribution in [0.15, 0.2) is 36.7 Å². The monoisotopic (exact) mass is 332 g/mol. The van der Waals surface area contributed by atoms with Crippen molar-refractivity contribution >= 4 is 5.91 Å². The molecule has 3 rings (SSSR count). The molecule has 1 fully saturated rings. The SMILES string of the molecule is CNC(C(=O)N1CCOC(c2ccc(F)cc2)C1)c1cnn(C)c1. The highest BCUT2D eigenvalue weighted by Crippen LogP contribution is 2.25. The normalized spacial score (nSPS) is 19.3. The molecule has 1 saturated heterocycles. The summed E-state index contributed by atoms with van der Waals surface area (Å²) in [4.78, 5) is 14.7. The van der Waals surface area contributed by atoms with Gasteiger partial charge in [0.05, 0.1) is 19.3 Å². The molecule has 128 valence electrons. The summed E-state index contributed by atoms with van der Waals surface area (Å²) in [6.45, 7) is 1.44. The number of hydrogen-bond donors (Lipinski definition) is 1. The molecule has 2 aromatic rings. The van der Waals surface area contributed by atoms with Crippen LogP contribution in [0.3, 0.4) is 0 Å². The van der Waals surface area contributed by atoms with Crippen molar-refractivity contribution in [3.63, 3.8) is 0 Å². The zero-order chi connectivity index (χ0) is 17.1. The Balaban J connectivity index is 1.73. The summed E-state index contributed by atoms with van der Waals surface area (Å²) in [5.41, 5.74) is 1.70. The quantitative estimate of drug-likeness (QED) is 0.920. The Morgan fingerprint density at radius 2 is 2.17 bits per heavy atom. The van der Waals surface area contributed by atoms with Crippen molar-refractivity contribution in [1.82, 2.24) is 20.0 Å². The molecular weight excluding hydrogens is 311 g/mol. The summed E-state index contributed by atoms with van der Waals surface area (Å²) in [6.07, 6.45) is 3.28. The van der Waals surface area contributed by atoms with Crippen LogP contribution in [0.1, 0.15) is 23.3 Å². The minimum absolute atomic E-state index is 0.0130. The maximum absolute atomic E-state index is 13.1. The molecule has 6 nitrogen and oxygen atoms in total.